The molecular weight excluding hydrogens is 372 g/mol. The summed E-state index contributed by atoms with van der Waals surface area (Å²) >= 11 is 6.85. The van der Waals surface area contributed by atoms with E-state index in [0.29, 0.717) is 11.1 Å². The van der Waals surface area contributed by atoms with Crippen molar-refractivity contribution in [2.24, 2.45) is 0 Å². The zero-order valence-electron chi connectivity index (χ0n) is 16.7. The Morgan fingerprint density at radius 3 is 2.46 bits per heavy atom. The third kappa shape index (κ3) is 3.84. The quantitative estimate of drug-likeness (QED) is 0.710. The molecule has 28 heavy (non-hydrogen) atoms. The summed E-state index contributed by atoms with van der Waals surface area (Å²) in [5.74, 6) is 1.47. The molecule has 1 saturated heterocycles. The van der Waals surface area contributed by atoms with Gasteiger partial charge in [0.2, 0.25) is 0 Å². The van der Waals surface area contributed by atoms with Crippen molar-refractivity contribution in [3.63, 3.8) is 0 Å². The summed E-state index contributed by atoms with van der Waals surface area (Å²) in [7, 11) is 0. The summed E-state index contributed by atoms with van der Waals surface area (Å²) in [5.41, 5.74) is 3.13. The normalized spacial score (nSPS) is 16.6. The van der Waals surface area contributed by atoms with E-state index in [0.717, 1.165) is 55.2 Å². The predicted octanol–water partition coefficient (Wildman–Crippen LogP) is 4.32. The number of aromatic nitrogens is 5. The Bertz CT molecular complexity index is 903. The van der Waals surface area contributed by atoms with Gasteiger partial charge in [0.05, 0.1) is 11.4 Å². The van der Waals surface area contributed by atoms with Gasteiger partial charge in [-0.3, -0.25) is 10.00 Å². The fourth-order valence-corrected chi connectivity index (χ4v) is 4.20. The van der Waals surface area contributed by atoms with Gasteiger partial charge in [0, 0.05) is 23.4 Å². The molecule has 2 aromatic heterocycles. The summed E-state index contributed by atoms with van der Waals surface area (Å²) in [6.45, 7) is 9.44. The average Bonchev–Trinajstić information content (AvgIpc) is 3.32. The van der Waals surface area contributed by atoms with Gasteiger partial charge in [-0.05, 0) is 38.1 Å². The van der Waals surface area contributed by atoms with Crippen LogP contribution in [0.5, 0.6) is 0 Å². The molecular formula is C21H27ClN6. The van der Waals surface area contributed by atoms with Crippen molar-refractivity contribution in [2.75, 3.05) is 13.1 Å². The average molecular weight is 399 g/mol. The zero-order chi connectivity index (χ0) is 19.7. The largest absolute Gasteiger partial charge is 0.299 e. The molecule has 148 valence electrons. The van der Waals surface area contributed by atoms with Crippen molar-refractivity contribution in [3.05, 3.63) is 58.9 Å². The van der Waals surface area contributed by atoms with Crippen LogP contribution in [0.25, 0.3) is 5.69 Å². The van der Waals surface area contributed by atoms with Crippen LogP contribution in [0, 0.1) is 0 Å². The van der Waals surface area contributed by atoms with E-state index in [1.165, 1.54) is 0 Å². The highest BCUT2D eigenvalue weighted by molar-refractivity contribution is 6.30. The van der Waals surface area contributed by atoms with Crippen molar-refractivity contribution in [3.8, 4) is 5.69 Å². The van der Waals surface area contributed by atoms with Crippen LogP contribution in [0.3, 0.4) is 0 Å². The van der Waals surface area contributed by atoms with E-state index >= 15 is 0 Å². The molecule has 1 N–H and O–H groups in total. The van der Waals surface area contributed by atoms with Gasteiger partial charge in [-0.1, -0.05) is 50.6 Å². The number of rotatable bonds is 4. The SMILES string of the molecule is CC(C)(C)c1nn(-c2ccccc2)c(Cl)c1CN1CCC(c2ncn[nH]2)CC1. The number of piperidine rings is 1. The van der Waals surface area contributed by atoms with Crippen molar-refractivity contribution in [1.29, 1.82) is 0 Å². The molecule has 0 bridgehead atoms. The maximum absolute atomic E-state index is 6.85. The second-order valence-corrected chi connectivity index (χ2v) is 8.89. The van der Waals surface area contributed by atoms with E-state index in [4.69, 9.17) is 16.7 Å². The molecule has 3 heterocycles. The second-order valence-electron chi connectivity index (χ2n) is 8.54. The lowest BCUT2D eigenvalue weighted by molar-refractivity contribution is 0.201. The van der Waals surface area contributed by atoms with E-state index < -0.39 is 0 Å². The summed E-state index contributed by atoms with van der Waals surface area (Å²) in [6, 6.07) is 10.1. The lowest BCUT2D eigenvalue weighted by Crippen LogP contribution is -2.33. The molecule has 0 radical (unpaired) electrons. The van der Waals surface area contributed by atoms with Crippen molar-refractivity contribution < 1.29 is 0 Å². The van der Waals surface area contributed by atoms with Gasteiger partial charge < -0.3 is 0 Å². The zero-order valence-corrected chi connectivity index (χ0v) is 17.4. The summed E-state index contributed by atoms with van der Waals surface area (Å²) in [4.78, 5) is 6.80. The number of likely N-dealkylation sites (tertiary alicyclic amines) is 1. The number of halogens is 1. The standard InChI is InChI=1S/C21H27ClN6/c1-21(2,3)18-17(19(22)28(26-18)16-7-5-4-6-8-16)13-27-11-9-15(10-12-27)20-23-14-24-25-20/h4-8,14-15H,9-13H2,1-3H3,(H,23,24,25). The minimum atomic E-state index is -0.0723. The third-order valence-electron chi connectivity index (χ3n) is 5.42. The lowest BCUT2D eigenvalue weighted by atomic mass is 9.89. The van der Waals surface area contributed by atoms with Crippen LogP contribution in [0.1, 0.15) is 56.6 Å². The number of hydrogen-bond acceptors (Lipinski definition) is 4. The molecule has 1 aliphatic heterocycles. The summed E-state index contributed by atoms with van der Waals surface area (Å²) in [5, 5.41) is 12.6. The van der Waals surface area contributed by atoms with Crippen LogP contribution in [0.15, 0.2) is 36.7 Å². The molecule has 1 aliphatic rings. The summed E-state index contributed by atoms with van der Waals surface area (Å²) in [6.07, 6.45) is 3.74. The fourth-order valence-electron chi connectivity index (χ4n) is 3.91. The molecule has 0 amide bonds. The van der Waals surface area contributed by atoms with Gasteiger partial charge in [0.25, 0.3) is 0 Å². The third-order valence-corrected chi connectivity index (χ3v) is 5.81. The van der Waals surface area contributed by atoms with Crippen molar-refractivity contribution in [2.45, 2.75) is 51.5 Å². The van der Waals surface area contributed by atoms with E-state index in [-0.39, 0.29) is 5.41 Å². The highest BCUT2D eigenvalue weighted by Crippen LogP contribution is 2.34. The van der Waals surface area contributed by atoms with Crippen molar-refractivity contribution in [1.82, 2.24) is 29.9 Å². The monoisotopic (exact) mass is 398 g/mol. The number of para-hydroxylation sites is 1. The second kappa shape index (κ2) is 7.68. The first-order valence-electron chi connectivity index (χ1n) is 9.84. The molecule has 7 heteroatoms. The Morgan fingerprint density at radius 1 is 1.14 bits per heavy atom. The van der Waals surface area contributed by atoms with Crippen LogP contribution in [-0.4, -0.2) is 43.0 Å². The molecule has 1 fully saturated rings. The Morgan fingerprint density at radius 2 is 1.86 bits per heavy atom. The van der Waals surface area contributed by atoms with Crippen LogP contribution in [0.2, 0.25) is 5.15 Å². The first kappa shape index (κ1) is 19.2. The predicted molar refractivity (Wildman–Crippen MR) is 111 cm³/mol. The fraction of sp³-hybridized carbons (Fsp3) is 0.476. The van der Waals surface area contributed by atoms with E-state index in [1.807, 2.05) is 35.0 Å². The number of aromatic amines is 1. The number of nitrogens with one attached hydrogen (secondary N) is 1. The Labute approximate surface area is 170 Å². The minimum Gasteiger partial charge on any atom is -0.299 e. The highest BCUT2D eigenvalue weighted by Gasteiger charge is 2.29. The highest BCUT2D eigenvalue weighted by atomic mass is 35.5. The van der Waals surface area contributed by atoms with Gasteiger partial charge in [-0.2, -0.15) is 10.2 Å². The first-order valence-corrected chi connectivity index (χ1v) is 10.2. The van der Waals surface area contributed by atoms with E-state index in [9.17, 15) is 0 Å². The molecule has 3 aromatic rings. The van der Waals surface area contributed by atoms with Crippen LogP contribution in [0.4, 0.5) is 0 Å². The number of nitrogens with zero attached hydrogens (tertiary/aromatic N) is 5. The van der Waals surface area contributed by atoms with Gasteiger partial charge in [-0.25, -0.2) is 9.67 Å². The van der Waals surface area contributed by atoms with Gasteiger partial charge in [0.1, 0.15) is 17.3 Å². The van der Waals surface area contributed by atoms with Crippen LogP contribution in [-0.2, 0) is 12.0 Å². The number of benzene rings is 1. The van der Waals surface area contributed by atoms with Crippen LogP contribution < -0.4 is 0 Å². The molecule has 0 spiro atoms. The van der Waals surface area contributed by atoms with E-state index in [1.54, 1.807) is 6.33 Å². The molecule has 0 atom stereocenters. The summed E-state index contributed by atoms with van der Waals surface area (Å²) < 4.78 is 1.87. The molecule has 0 unspecified atom stereocenters. The first-order chi connectivity index (χ1) is 13.4. The van der Waals surface area contributed by atoms with E-state index in [2.05, 4.69) is 40.9 Å². The molecule has 4 rings (SSSR count). The maximum atomic E-state index is 6.85. The Kier molecular flexibility index (Phi) is 5.25. The maximum Gasteiger partial charge on any atom is 0.137 e. The molecule has 6 nitrogen and oxygen atoms in total. The van der Waals surface area contributed by atoms with Crippen LogP contribution >= 0.6 is 11.6 Å². The van der Waals surface area contributed by atoms with Gasteiger partial charge >= 0.3 is 0 Å². The number of hydrogen-bond donors (Lipinski definition) is 1. The minimum absolute atomic E-state index is 0.0723. The molecule has 1 aromatic carbocycles. The number of H-pyrrole nitrogens is 1. The van der Waals surface area contributed by atoms with Gasteiger partial charge in [-0.15, -0.1) is 0 Å². The molecule has 0 saturated carbocycles. The topological polar surface area (TPSA) is 62.6 Å². The van der Waals surface area contributed by atoms with Crippen molar-refractivity contribution >= 4 is 11.6 Å². The molecule has 0 aliphatic carbocycles. The smallest absolute Gasteiger partial charge is 0.137 e. The Hall–Kier alpha value is -2.18. The lowest BCUT2D eigenvalue weighted by Gasteiger charge is -2.31. The Balaban J connectivity index is 1.56. The van der Waals surface area contributed by atoms with Gasteiger partial charge in [0.15, 0.2) is 0 Å².